The van der Waals surface area contributed by atoms with Crippen LogP contribution in [0.2, 0.25) is 10.2 Å². The normalized spacial score (nSPS) is 21.0. The van der Waals surface area contributed by atoms with Crippen LogP contribution in [0.3, 0.4) is 0 Å². The lowest BCUT2D eigenvalue weighted by molar-refractivity contribution is -0.0886. The van der Waals surface area contributed by atoms with E-state index < -0.39 is 17.5 Å². The van der Waals surface area contributed by atoms with E-state index in [0.717, 1.165) is 5.39 Å². The fourth-order valence-corrected chi connectivity index (χ4v) is 2.72. The van der Waals surface area contributed by atoms with Gasteiger partial charge in [0, 0.05) is 5.39 Å². The standard InChI is InChI=1S/C15H16Cl2N2O2/c1-14(2)15(3,4)21-13(20-14)10-9(16)6-5-8-11(10)18-7-19-12(8)17/h5-7,13H,1-4H3. The average Bonchev–Trinajstić information content (AvgIpc) is 2.58. The number of hydrogen-bond acceptors (Lipinski definition) is 4. The molecule has 3 rings (SSSR count). The summed E-state index contributed by atoms with van der Waals surface area (Å²) in [5, 5.41) is 1.65. The number of nitrogens with zero attached hydrogens (tertiary/aromatic N) is 2. The van der Waals surface area contributed by atoms with Gasteiger partial charge in [0.2, 0.25) is 0 Å². The van der Waals surface area contributed by atoms with Crippen molar-refractivity contribution in [1.82, 2.24) is 9.97 Å². The zero-order valence-corrected chi connectivity index (χ0v) is 13.8. The molecule has 0 unspecified atom stereocenters. The van der Waals surface area contributed by atoms with Crippen LogP contribution in [-0.2, 0) is 9.47 Å². The van der Waals surface area contributed by atoms with E-state index in [-0.39, 0.29) is 0 Å². The molecule has 6 heteroatoms. The number of hydrogen-bond donors (Lipinski definition) is 0. The van der Waals surface area contributed by atoms with Crippen LogP contribution in [0.15, 0.2) is 18.5 Å². The van der Waals surface area contributed by atoms with E-state index >= 15 is 0 Å². The number of halogens is 2. The molecule has 1 aromatic carbocycles. The lowest BCUT2D eigenvalue weighted by atomic mass is 9.90. The van der Waals surface area contributed by atoms with Gasteiger partial charge in [-0.3, -0.25) is 0 Å². The molecule has 0 aliphatic carbocycles. The highest BCUT2D eigenvalue weighted by Gasteiger charge is 2.50. The Morgan fingerprint density at radius 3 is 2.24 bits per heavy atom. The highest BCUT2D eigenvalue weighted by Crippen LogP contribution is 2.47. The molecule has 0 N–H and O–H groups in total. The molecule has 0 amide bonds. The number of rotatable bonds is 1. The molecule has 1 aliphatic rings. The first-order valence-electron chi connectivity index (χ1n) is 6.67. The summed E-state index contributed by atoms with van der Waals surface area (Å²) in [7, 11) is 0. The van der Waals surface area contributed by atoms with E-state index in [1.54, 1.807) is 12.1 Å². The Bertz CT molecular complexity index is 700. The molecule has 4 nitrogen and oxygen atoms in total. The Labute approximate surface area is 133 Å². The molecule has 21 heavy (non-hydrogen) atoms. The van der Waals surface area contributed by atoms with Crippen LogP contribution in [0.5, 0.6) is 0 Å². The molecule has 0 saturated carbocycles. The Hall–Kier alpha value is -0.940. The Balaban J connectivity index is 2.18. The van der Waals surface area contributed by atoms with Gasteiger partial charge in [0.1, 0.15) is 11.5 Å². The van der Waals surface area contributed by atoms with Crippen LogP contribution in [-0.4, -0.2) is 21.2 Å². The first-order chi connectivity index (χ1) is 9.73. The summed E-state index contributed by atoms with van der Waals surface area (Å²) in [5.74, 6) is 0. The van der Waals surface area contributed by atoms with Crippen molar-refractivity contribution in [2.45, 2.75) is 45.2 Å². The van der Waals surface area contributed by atoms with E-state index in [2.05, 4.69) is 9.97 Å². The largest absolute Gasteiger partial charge is 0.339 e. The summed E-state index contributed by atoms with van der Waals surface area (Å²) < 4.78 is 12.1. The quantitative estimate of drug-likeness (QED) is 0.721. The van der Waals surface area contributed by atoms with Crippen molar-refractivity contribution in [2.24, 2.45) is 0 Å². The molecule has 1 saturated heterocycles. The maximum Gasteiger partial charge on any atom is 0.188 e. The fraction of sp³-hybridized carbons (Fsp3) is 0.467. The molecule has 1 fully saturated rings. The van der Waals surface area contributed by atoms with Crippen molar-refractivity contribution in [3.8, 4) is 0 Å². The number of fused-ring (bicyclic) bond motifs is 1. The van der Waals surface area contributed by atoms with Crippen LogP contribution in [0.1, 0.15) is 39.5 Å². The van der Waals surface area contributed by atoms with Crippen molar-refractivity contribution in [3.63, 3.8) is 0 Å². The maximum atomic E-state index is 6.36. The van der Waals surface area contributed by atoms with Gasteiger partial charge in [-0.1, -0.05) is 23.2 Å². The minimum Gasteiger partial charge on any atom is -0.339 e. The van der Waals surface area contributed by atoms with Crippen LogP contribution in [0.4, 0.5) is 0 Å². The fourth-order valence-electron chi connectivity index (χ4n) is 2.28. The first-order valence-corrected chi connectivity index (χ1v) is 7.43. The number of ether oxygens (including phenoxy) is 2. The zero-order valence-electron chi connectivity index (χ0n) is 12.3. The second kappa shape index (κ2) is 4.78. The number of aromatic nitrogens is 2. The van der Waals surface area contributed by atoms with Gasteiger partial charge in [0.25, 0.3) is 0 Å². The van der Waals surface area contributed by atoms with Crippen molar-refractivity contribution in [2.75, 3.05) is 0 Å². The lowest BCUT2D eigenvalue weighted by Crippen LogP contribution is -2.41. The Morgan fingerprint density at radius 1 is 1.00 bits per heavy atom. The van der Waals surface area contributed by atoms with Crippen LogP contribution >= 0.6 is 23.2 Å². The second-order valence-electron chi connectivity index (χ2n) is 6.11. The van der Waals surface area contributed by atoms with E-state index in [1.165, 1.54) is 6.33 Å². The first kappa shape index (κ1) is 15.0. The lowest BCUT2D eigenvalue weighted by Gasteiger charge is -2.30. The van der Waals surface area contributed by atoms with Gasteiger partial charge < -0.3 is 9.47 Å². The minimum absolute atomic E-state index is 0.384. The topological polar surface area (TPSA) is 44.2 Å². The third kappa shape index (κ3) is 2.30. The van der Waals surface area contributed by atoms with Crippen molar-refractivity contribution >= 4 is 34.1 Å². The van der Waals surface area contributed by atoms with Gasteiger partial charge >= 0.3 is 0 Å². The molecule has 2 heterocycles. The van der Waals surface area contributed by atoms with Gasteiger partial charge in [0.15, 0.2) is 6.29 Å². The van der Waals surface area contributed by atoms with Crippen LogP contribution < -0.4 is 0 Å². The van der Waals surface area contributed by atoms with E-state index in [4.69, 9.17) is 32.7 Å². The molecule has 112 valence electrons. The minimum atomic E-state index is -0.586. The average molecular weight is 327 g/mol. The summed E-state index contributed by atoms with van der Waals surface area (Å²) in [4.78, 5) is 8.29. The molecular formula is C15H16Cl2N2O2. The molecule has 0 atom stereocenters. The van der Waals surface area contributed by atoms with Crippen molar-refractivity contribution < 1.29 is 9.47 Å². The summed E-state index contributed by atoms with van der Waals surface area (Å²) in [5.41, 5.74) is 0.457. The second-order valence-corrected chi connectivity index (χ2v) is 6.88. The molecule has 2 aromatic rings. The predicted molar refractivity (Wildman–Crippen MR) is 82.6 cm³/mol. The van der Waals surface area contributed by atoms with Crippen molar-refractivity contribution in [1.29, 1.82) is 0 Å². The number of benzene rings is 1. The van der Waals surface area contributed by atoms with Gasteiger partial charge in [-0.05, 0) is 39.8 Å². The van der Waals surface area contributed by atoms with Gasteiger partial charge in [0.05, 0.1) is 27.3 Å². The molecule has 0 radical (unpaired) electrons. The SMILES string of the molecule is CC1(C)OC(c2c(Cl)ccc3c(Cl)ncnc23)OC1(C)C. The van der Waals surface area contributed by atoms with Gasteiger partial charge in [-0.15, -0.1) is 0 Å². The summed E-state index contributed by atoms with van der Waals surface area (Å²) >= 11 is 12.5. The molecular weight excluding hydrogens is 311 g/mol. The molecule has 0 spiro atoms. The van der Waals surface area contributed by atoms with Gasteiger partial charge in [-0.25, -0.2) is 9.97 Å². The zero-order chi connectivity index (χ0) is 15.4. The van der Waals surface area contributed by atoms with E-state index in [1.807, 2.05) is 27.7 Å². The summed E-state index contributed by atoms with van der Waals surface area (Å²) in [6.45, 7) is 7.98. The smallest absolute Gasteiger partial charge is 0.188 e. The highest BCUT2D eigenvalue weighted by atomic mass is 35.5. The monoisotopic (exact) mass is 326 g/mol. The predicted octanol–water partition coefficient (Wildman–Crippen LogP) is 4.54. The van der Waals surface area contributed by atoms with Crippen LogP contribution in [0, 0.1) is 0 Å². The third-order valence-corrected chi connectivity index (χ3v) is 4.86. The summed E-state index contributed by atoms with van der Waals surface area (Å²) in [6.07, 6.45) is 0.826. The Morgan fingerprint density at radius 2 is 1.62 bits per heavy atom. The van der Waals surface area contributed by atoms with Crippen molar-refractivity contribution in [3.05, 3.63) is 34.2 Å². The van der Waals surface area contributed by atoms with E-state index in [0.29, 0.717) is 21.3 Å². The highest BCUT2D eigenvalue weighted by molar-refractivity contribution is 6.35. The summed E-state index contributed by atoms with van der Waals surface area (Å²) in [6, 6.07) is 3.56. The molecule has 1 aliphatic heterocycles. The third-order valence-electron chi connectivity index (χ3n) is 4.23. The maximum absolute atomic E-state index is 6.36. The van der Waals surface area contributed by atoms with Gasteiger partial charge in [-0.2, -0.15) is 0 Å². The molecule has 1 aromatic heterocycles. The van der Waals surface area contributed by atoms with E-state index in [9.17, 15) is 0 Å². The van der Waals surface area contributed by atoms with Crippen LogP contribution in [0.25, 0.3) is 10.9 Å². The molecule has 0 bridgehead atoms. The Kier molecular flexibility index (Phi) is 3.41.